The first-order valence-electron chi connectivity index (χ1n) is 13.2. The smallest absolute Gasteiger partial charge is 0.391 e. The van der Waals surface area contributed by atoms with Gasteiger partial charge in [-0.3, -0.25) is 14.4 Å². The monoisotopic (exact) mass is 587 g/mol. The third-order valence-corrected chi connectivity index (χ3v) is 8.57. The van der Waals surface area contributed by atoms with E-state index in [1.165, 1.54) is 23.8 Å². The van der Waals surface area contributed by atoms with Gasteiger partial charge in [0.2, 0.25) is 17.7 Å². The van der Waals surface area contributed by atoms with Gasteiger partial charge in [0.05, 0.1) is 16.7 Å². The van der Waals surface area contributed by atoms with Crippen molar-refractivity contribution >= 4 is 41.0 Å². The van der Waals surface area contributed by atoms with Crippen LogP contribution in [0.3, 0.4) is 0 Å². The molecule has 0 radical (unpaired) electrons. The van der Waals surface area contributed by atoms with Gasteiger partial charge in [0.25, 0.3) is 0 Å². The molecule has 4 rings (SSSR count). The maximum atomic E-state index is 13.3. The lowest BCUT2D eigenvalue weighted by molar-refractivity contribution is -0.148. The van der Waals surface area contributed by atoms with Crippen molar-refractivity contribution in [3.8, 4) is 0 Å². The molecule has 1 saturated carbocycles. The number of hydrogen-bond acceptors (Lipinski definition) is 5. The van der Waals surface area contributed by atoms with Gasteiger partial charge in [0.1, 0.15) is 12.1 Å². The number of nitrogens with zero attached hydrogens (tertiary/aromatic N) is 3. The zero-order chi connectivity index (χ0) is 29.4. The average Bonchev–Trinajstić information content (AvgIpc) is 3.67. The maximum absolute atomic E-state index is 13.3. The van der Waals surface area contributed by atoms with E-state index in [0.29, 0.717) is 6.54 Å². The van der Waals surface area contributed by atoms with Crippen molar-refractivity contribution < 1.29 is 37.5 Å². The Morgan fingerprint density at radius 1 is 1.18 bits per heavy atom. The Kier molecular flexibility index (Phi) is 8.55. The summed E-state index contributed by atoms with van der Waals surface area (Å²) < 4.78 is 38.9. The molecule has 1 aromatic rings. The topological polar surface area (TPSA) is 122 Å². The van der Waals surface area contributed by atoms with Crippen molar-refractivity contribution in [1.29, 1.82) is 0 Å². The van der Waals surface area contributed by atoms with Crippen LogP contribution in [0, 0.1) is 5.41 Å². The van der Waals surface area contributed by atoms with Crippen molar-refractivity contribution in [1.82, 2.24) is 20.0 Å². The van der Waals surface area contributed by atoms with E-state index < -0.39 is 52.8 Å². The summed E-state index contributed by atoms with van der Waals surface area (Å²) in [6, 6.07) is 0.185. The highest BCUT2D eigenvalue weighted by atomic mass is 35.5. The van der Waals surface area contributed by atoms with E-state index in [2.05, 4.69) is 10.6 Å². The van der Waals surface area contributed by atoms with Gasteiger partial charge in [0.15, 0.2) is 0 Å². The number of amides is 5. The first-order valence-corrected chi connectivity index (χ1v) is 13.6. The molecule has 10 nitrogen and oxygen atoms in total. The van der Waals surface area contributed by atoms with Crippen LogP contribution in [0.1, 0.15) is 44.6 Å². The summed E-state index contributed by atoms with van der Waals surface area (Å²) in [6.07, 6.45) is -2.43. The summed E-state index contributed by atoms with van der Waals surface area (Å²) in [5.74, 6) is -1.14. The highest BCUT2D eigenvalue weighted by Gasteiger charge is 2.52. The number of halogens is 4. The lowest BCUT2D eigenvalue weighted by atomic mass is 9.90. The number of aliphatic hydroxyl groups excluding tert-OH is 1. The van der Waals surface area contributed by atoms with Gasteiger partial charge in [-0.1, -0.05) is 11.6 Å². The van der Waals surface area contributed by atoms with E-state index in [-0.39, 0.29) is 49.5 Å². The summed E-state index contributed by atoms with van der Waals surface area (Å²) in [7, 11) is 1.43. The molecule has 2 heterocycles. The Labute approximate surface area is 234 Å². The second-order valence-electron chi connectivity index (χ2n) is 10.7. The molecule has 3 atom stereocenters. The van der Waals surface area contributed by atoms with Crippen molar-refractivity contribution in [2.45, 2.75) is 63.4 Å². The molecule has 3 fully saturated rings. The number of benzene rings is 1. The maximum Gasteiger partial charge on any atom is 0.417 e. The minimum Gasteiger partial charge on any atom is -0.391 e. The van der Waals surface area contributed by atoms with Crippen LogP contribution < -0.4 is 10.6 Å². The predicted octanol–water partition coefficient (Wildman–Crippen LogP) is 2.69. The minimum absolute atomic E-state index is 0.00878. The van der Waals surface area contributed by atoms with Crippen LogP contribution in [-0.2, 0) is 20.6 Å². The van der Waals surface area contributed by atoms with E-state index in [4.69, 9.17) is 11.6 Å². The van der Waals surface area contributed by atoms with E-state index in [1.807, 2.05) is 0 Å². The predicted molar refractivity (Wildman–Crippen MR) is 139 cm³/mol. The van der Waals surface area contributed by atoms with Gasteiger partial charge in [-0.2, -0.15) is 13.2 Å². The second kappa shape index (κ2) is 11.4. The SMILES string of the molecule is CNC(=O)[C@H](CCC(=O)N1CCC2(CC2)[C@H](O)C1)N1CCN(C(=O)Nc2ccc(C(F)(F)F)c(Cl)c2)[C@@H](C)C1=O. The lowest BCUT2D eigenvalue weighted by Gasteiger charge is -2.42. The fourth-order valence-corrected chi connectivity index (χ4v) is 5.79. The fourth-order valence-electron chi connectivity index (χ4n) is 5.50. The Morgan fingerprint density at radius 2 is 1.88 bits per heavy atom. The van der Waals surface area contributed by atoms with Crippen LogP contribution in [-0.4, -0.2) is 95.0 Å². The number of hydrogen-bond donors (Lipinski definition) is 3. The number of piperidine rings is 1. The highest BCUT2D eigenvalue weighted by Crippen LogP contribution is 2.53. The van der Waals surface area contributed by atoms with Crippen LogP contribution in [0.5, 0.6) is 0 Å². The number of piperazine rings is 1. The number of carbonyl (C=O) groups excluding carboxylic acids is 4. The first kappa shape index (κ1) is 29.9. The molecule has 40 heavy (non-hydrogen) atoms. The number of carbonyl (C=O) groups is 4. The minimum atomic E-state index is -4.64. The van der Waals surface area contributed by atoms with Crippen LogP contribution in [0.25, 0.3) is 0 Å². The molecule has 220 valence electrons. The molecule has 3 aliphatic rings. The third-order valence-electron chi connectivity index (χ3n) is 8.26. The van der Waals surface area contributed by atoms with E-state index >= 15 is 0 Å². The summed E-state index contributed by atoms with van der Waals surface area (Å²) in [6.45, 7) is 2.37. The molecule has 1 aromatic carbocycles. The number of rotatable bonds is 6. The highest BCUT2D eigenvalue weighted by molar-refractivity contribution is 6.31. The van der Waals surface area contributed by atoms with Gasteiger partial charge in [-0.25, -0.2) is 4.79 Å². The number of likely N-dealkylation sites (tertiary alicyclic amines) is 1. The third kappa shape index (κ3) is 6.14. The molecular weight excluding hydrogens is 555 g/mol. The molecule has 2 aliphatic heterocycles. The first-order chi connectivity index (χ1) is 18.8. The molecule has 0 bridgehead atoms. The quantitative estimate of drug-likeness (QED) is 0.472. The second-order valence-corrected chi connectivity index (χ2v) is 11.1. The molecule has 3 N–H and O–H groups in total. The van der Waals surface area contributed by atoms with E-state index in [1.54, 1.807) is 4.90 Å². The number of likely N-dealkylation sites (N-methyl/N-ethyl adjacent to an activating group) is 1. The number of anilines is 1. The Morgan fingerprint density at radius 3 is 2.45 bits per heavy atom. The number of alkyl halides is 3. The largest absolute Gasteiger partial charge is 0.417 e. The number of β-amino-alcohol motifs (C(OH)–C–C–N with tert-alkyl or cyclic N) is 1. The zero-order valence-electron chi connectivity index (χ0n) is 22.3. The van der Waals surface area contributed by atoms with Crippen molar-refractivity contribution in [3.63, 3.8) is 0 Å². The summed E-state index contributed by atoms with van der Waals surface area (Å²) in [5, 5.41) is 14.8. The molecule has 5 amide bonds. The fraction of sp³-hybridized carbons (Fsp3) is 0.615. The van der Waals surface area contributed by atoms with Crippen LogP contribution in [0.4, 0.5) is 23.7 Å². The standard InChI is InChI=1S/C26H33ClF3N5O5/c1-15-23(39)35(12-11-34(15)24(40)32-16-3-4-17(18(27)13-16)26(28,29)30)19(22(38)31-2)5-6-21(37)33-10-9-25(7-8-25)20(36)14-33/h3-4,13,15,19-20,36H,5-12,14H2,1-2H3,(H,31,38)(H,32,40)/t15-,19-,20+/m0/s1. The van der Waals surface area contributed by atoms with Crippen molar-refractivity contribution in [2.24, 2.45) is 5.41 Å². The lowest BCUT2D eigenvalue weighted by Crippen LogP contribution is -2.63. The van der Waals surface area contributed by atoms with E-state index in [9.17, 15) is 37.5 Å². The Bertz CT molecular complexity index is 1180. The normalized spacial score (nSPS) is 23.2. The number of nitrogens with one attached hydrogen (secondary N) is 2. The average molecular weight is 588 g/mol. The Hall–Kier alpha value is -3.06. The molecule has 14 heteroatoms. The molecule has 1 spiro atoms. The van der Waals surface area contributed by atoms with Crippen LogP contribution >= 0.6 is 11.6 Å². The van der Waals surface area contributed by atoms with E-state index in [0.717, 1.165) is 37.5 Å². The van der Waals surface area contributed by atoms with Crippen molar-refractivity contribution in [2.75, 3.05) is 38.5 Å². The molecule has 2 saturated heterocycles. The zero-order valence-corrected chi connectivity index (χ0v) is 23.0. The van der Waals surface area contributed by atoms with Crippen molar-refractivity contribution in [3.05, 3.63) is 28.8 Å². The molecule has 0 unspecified atom stereocenters. The number of aliphatic hydroxyl groups is 1. The number of urea groups is 1. The molecular formula is C26H33ClF3N5O5. The summed E-state index contributed by atoms with van der Waals surface area (Å²) in [5.41, 5.74) is -1.05. The Balaban J connectivity index is 1.36. The molecule has 1 aliphatic carbocycles. The van der Waals surface area contributed by atoms with Gasteiger partial charge in [-0.05, 0) is 56.2 Å². The summed E-state index contributed by atoms with van der Waals surface area (Å²) >= 11 is 5.73. The van der Waals surface area contributed by atoms with Crippen LogP contribution in [0.15, 0.2) is 18.2 Å². The van der Waals surface area contributed by atoms with Gasteiger partial charge < -0.3 is 30.4 Å². The van der Waals surface area contributed by atoms with Gasteiger partial charge >= 0.3 is 12.2 Å². The van der Waals surface area contributed by atoms with Gasteiger partial charge in [-0.15, -0.1) is 0 Å². The van der Waals surface area contributed by atoms with Crippen LogP contribution in [0.2, 0.25) is 5.02 Å². The molecule has 0 aromatic heterocycles. The summed E-state index contributed by atoms with van der Waals surface area (Å²) in [4.78, 5) is 55.9. The van der Waals surface area contributed by atoms with Gasteiger partial charge in [0, 0.05) is 45.3 Å².